The third kappa shape index (κ3) is 3.99. The maximum atomic E-state index is 12.2. The predicted octanol–water partition coefficient (Wildman–Crippen LogP) is 2.79. The number of carbonyl (C=O) groups excluding carboxylic acids is 1. The van der Waals surface area contributed by atoms with E-state index in [1.165, 1.54) is 10.4 Å². The molecule has 0 radical (unpaired) electrons. The highest BCUT2D eigenvalue weighted by molar-refractivity contribution is 7.10. The van der Waals surface area contributed by atoms with Gasteiger partial charge in [0.15, 0.2) is 0 Å². The lowest BCUT2D eigenvalue weighted by molar-refractivity contribution is -0.128. The Balaban J connectivity index is 1.98. The average Bonchev–Trinajstić information content (AvgIpc) is 2.82. The van der Waals surface area contributed by atoms with Gasteiger partial charge >= 0.3 is 0 Å². The second-order valence-corrected chi connectivity index (χ2v) is 6.15. The Morgan fingerprint density at radius 1 is 1.55 bits per heavy atom. The zero-order valence-corrected chi connectivity index (χ0v) is 12.4. The first-order chi connectivity index (χ1) is 9.58. The molecule has 0 saturated carbocycles. The van der Waals surface area contributed by atoms with E-state index in [9.17, 15) is 13.6 Å². The quantitative estimate of drug-likeness (QED) is 0.907. The molecule has 1 atom stereocenters. The number of piperidine rings is 1. The van der Waals surface area contributed by atoms with E-state index in [-0.39, 0.29) is 11.9 Å². The molecule has 1 aromatic heterocycles. The van der Waals surface area contributed by atoms with E-state index in [0.29, 0.717) is 0 Å². The third-order valence-corrected chi connectivity index (χ3v) is 4.67. The number of halogens is 2. The van der Waals surface area contributed by atoms with Crippen molar-refractivity contribution in [3.05, 3.63) is 21.9 Å². The molecular weight excluding hydrogens is 282 g/mol. The molecule has 0 unspecified atom stereocenters. The molecule has 1 aliphatic rings. The van der Waals surface area contributed by atoms with Gasteiger partial charge in [0.1, 0.15) is 0 Å². The van der Waals surface area contributed by atoms with Gasteiger partial charge < -0.3 is 5.32 Å². The van der Waals surface area contributed by atoms with Crippen molar-refractivity contribution in [3.63, 3.8) is 0 Å². The number of nitrogens with one attached hydrogen (secondary N) is 1. The second kappa shape index (κ2) is 7.13. The maximum absolute atomic E-state index is 12.2. The van der Waals surface area contributed by atoms with Crippen molar-refractivity contribution in [2.24, 2.45) is 0 Å². The van der Waals surface area contributed by atoms with Crippen molar-refractivity contribution in [2.75, 3.05) is 13.1 Å². The van der Waals surface area contributed by atoms with Crippen LogP contribution in [0, 0.1) is 6.92 Å². The first-order valence-corrected chi connectivity index (χ1v) is 7.78. The molecule has 1 aromatic rings. The summed E-state index contributed by atoms with van der Waals surface area (Å²) in [5, 5.41) is 4.39. The summed E-state index contributed by atoms with van der Waals surface area (Å²) in [7, 11) is 0. The van der Waals surface area contributed by atoms with Crippen LogP contribution in [0.3, 0.4) is 0 Å². The predicted molar refractivity (Wildman–Crippen MR) is 76.1 cm³/mol. The Labute approximate surface area is 122 Å². The van der Waals surface area contributed by atoms with E-state index in [0.717, 1.165) is 32.4 Å². The molecule has 6 heteroatoms. The van der Waals surface area contributed by atoms with Gasteiger partial charge in [0.2, 0.25) is 5.91 Å². The minimum atomic E-state index is -2.49. The van der Waals surface area contributed by atoms with Crippen LogP contribution in [0.1, 0.15) is 29.7 Å². The molecule has 1 aliphatic heterocycles. The number of thiophene rings is 1. The standard InChI is InChI=1S/C14H20F2N2OS/c1-10-5-7-20-12(10)9-18-6-3-2-4-11(18)14(19)17-8-13(15)16/h5,7,11,13H,2-4,6,8-9H2,1H3,(H,17,19)/t11-/m0/s1. The van der Waals surface area contributed by atoms with Crippen molar-refractivity contribution in [1.82, 2.24) is 10.2 Å². The number of hydrogen-bond donors (Lipinski definition) is 1. The SMILES string of the molecule is Cc1ccsc1CN1CCCC[C@H]1C(=O)NCC(F)F. The number of likely N-dealkylation sites (tertiary alicyclic amines) is 1. The van der Waals surface area contributed by atoms with Gasteiger partial charge in [0, 0.05) is 11.4 Å². The monoisotopic (exact) mass is 302 g/mol. The molecule has 0 spiro atoms. The fourth-order valence-corrected chi connectivity index (χ4v) is 3.45. The highest BCUT2D eigenvalue weighted by Crippen LogP contribution is 2.24. The summed E-state index contributed by atoms with van der Waals surface area (Å²) >= 11 is 1.68. The first kappa shape index (κ1) is 15.4. The lowest BCUT2D eigenvalue weighted by atomic mass is 10.0. The van der Waals surface area contributed by atoms with E-state index in [4.69, 9.17) is 0 Å². The van der Waals surface area contributed by atoms with Gasteiger partial charge in [-0.05, 0) is 43.3 Å². The lowest BCUT2D eigenvalue weighted by Gasteiger charge is -2.34. The van der Waals surface area contributed by atoms with Crippen LogP contribution in [0.2, 0.25) is 0 Å². The number of aryl methyl sites for hydroxylation is 1. The zero-order valence-electron chi connectivity index (χ0n) is 11.6. The summed E-state index contributed by atoms with van der Waals surface area (Å²) in [5.74, 6) is -0.265. The number of amides is 1. The fraction of sp³-hybridized carbons (Fsp3) is 0.643. The Morgan fingerprint density at radius 2 is 2.35 bits per heavy atom. The van der Waals surface area contributed by atoms with Crippen molar-refractivity contribution in [2.45, 2.75) is 45.2 Å². The average molecular weight is 302 g/mol. The van der Waals surface area contributed by atoms with Crippen molar-refractivity contribution in [3.8, 4) is 0 Å². The Bertz CT molecular complexity index is 450. The minimum Gasteiger partial charge on any atom is -0.349 e. The topological polar surface area (TPSA) is 32.3 Å². The fourth-order valence-electron chi connectivity index (χ4n) is 2.52. The molecule has 2 rings (SSSR count). The van der Waals surface area contributed by atoms with Crippen LogP contribution in [0.5, 0.6) is 0 Å². The summed E-state index contributed by atoms with van der Waals surface area (Å²) < 4.78 is 24.4. The van der Waals surface area contributed by atoms with E-state index < -0.39 is 13.0 Å². The molecule has 20 heavy (non-hydrogen) atoms. The normalized spacial score (nSPS) is 20.3. The highest BCUT2D eigenvalue weighted by Gasteiger charge is 2.29. The summed E-state index contributed by atoms with van der Waals surface area (Å²) in [6.07, 6.45) is 0.297. The van der Waals surface area contributed by atoms with Crippen LogP contribution in [0.4, 0.5) is 8.78 Å². The molecule has 2 heterocycles. The van der Waals surface area contributed by atoms with Gasteiger partial charge in [-0.15, -0.1) is 11.3 Å². The van der Waals surface area contributed by atoms with E-state index in [2.05, 4.69) is 23.2 Å². The summed E-state index contributed by atoms with van der Waals surface area (Å²) in [5.41, 5.74) is 1.23. The Kier molecular flexibility index (Phi) is 5.48. The molecule has 1 N–H and O–H groups in total. The molecule has 112 valence electrons. The molecular formula is C14H20F2N2OS. The second-order valence-electron chi connectivity index (χ2n) is 5.15. The lowest BCUT2D eigenvalue weighted by Crippen LogP contribution is -2.49. The number of hydrogen-bond acceptors (Lipinski definition) is 3. The number of carbonyl (C=O) groups is 1. The molecule has 1 amide bonds. The molecule has 1 fully saturated rings. The minimum absolute atomic E-state index is 0.265. The zero-order chi connectivity index (χ0) is 14.5. The van der Waals surface area contributed by atoms with Crippen LogP contribution < -0.4 is 5.32 Å². The van der Waals surface area contributed by atoms with Gasteiger partial charge in [-0.25, -0.2) is 8.78 Å². The molecule has 0 bridgehead atoms. The van der Waals surface area contributed by atoms with Crippen molar-refractivity contribution < 1.29 is 13.6 Å². The summed E-state index contributed by atoms with van der Waals surface area (Å²) in [4.78, 5) is 15.4. The summed E-state index contributed by atoms with van der Waals surface area (Å²) in [6, 6.07) is 1.79. The van der Waals surface area contributed by atoms with Crippen molar-refractivity contribution >= 4 is 17.2 Å². The van der Waals surface area contributed by atoms with Crippen LogP contribution in [-0.4, -0.2) is 36.4 Å². The molecule has 3 nitrogen and oxygen atoms in total. The van der Waals surface area contributed by atoms with Crippen LogP contribution >= 0.6 is 11.3 Å². The van der Waals surface area contributed by atoms with Crippen molar-refractivity contribution in [1.29, 1.82) is 0 Å². The van der Waals surface area contributed by atoms with Gasteiger partial charge in [-0.2, -0.15) is 0 Å². The van der Waals surface area contributed by atoms with Gasteiger partial charge in [0.25, 0.3) is 6.43 Å². The van der Waals surface area contributed by atoms with Gasteiger partial charge in [0.05, 0.1) is 12.6 Å². The Hall–Kier alpha value is -1.01. The van der Waals surface area contributed by atoms with E-state index in [1.54, 1.807) is 11.3 Å². The summed E-state index contributed by atoms with van der Waals surface area (Å²) in [6.45, 7) is 3.09. The van der Waals surface area contributed by atoms with Crippen LogP contribution in [0.15, 0.2) is 11.4 Å². The van der Waals surface area contributed by atoms with E-state index in [1.807, 2.05) is 5.38 Å². The third-order valence-electron chi connectivity index (χ3n) is 3.66. The van der Waals surface area contributed by atoms with Crippen LogP contribution in [-0.2, 0) is 11.3 Å². The highest BCUT2D eigenvalue weighted by atomic mass is 32.1. The molecule has 1 saturated heterocycles. The molecule has 0 aliphatic carbocycles. The largest absolute Gasteiger partial charge is 0.349 e. The maximum Gasteiger partial charge on any atom is 0.255 e. The Morgan fingerprint density at radius 3 is 3.00 bits per heavy atom. The van der Waals surface area contributed by atoms with Crippen LogP contribution in [0.25, 0.3) is 0 Å². The van der Waals surface area contributed by atoms with E-state index >= 15 is 0 Å². The van der Waals surface area contributed by atoms with Gasteiger partial charge in [-0.3, -0.25) is 9.69 Å². The van der Waals surface area contributed by atoms with Gasteiger partial charge in [-0.1, -0.05) is 6.42 Å². The number of alkyl halides is 2. The smallest absolute Gasteiger partial charge is 0.255 e. The molecule has 0 aromatic carbocycles. The number of nitrogens with zero attached hydrogens (tertiary/aromatic N) is 1. The number of rotatable bonds is 5. The first-order valence-electron chi connectivity index (χ1n) is 6.91.